The van der Waals surface area contributed by atoms with Crippen molar-refractivity contribution in [1.82, 2.24) is 0 Å². The first-order chi connectivity index (χ1) is 9.32. The number of alkyl halides is 3. The molecule has 0 spiro atoms. The highest BCUT2D eigenvalue weighted by Gasteiger charge is 2.46. The second-order valence-electron chi connectivity index (χ2n) is 4.17. The van der Waals surface area contributed by atoms with Crippen molar-refractivity contribution >= 4 is 29.3 Å². The van der Waals surface area contributed by atoms with Crippen LogP contribution in [0.25, 0.3) is 6.08 Å². The summed E-state index contributed by atoms with van der Waals surface area (Å²) < 4.78 is 43.8. The first kappa shape index (κ1) is 14.7. The minimum Gasteiger partial charge on any atom is -0.463 e. The molecule has 0 amide bonds. The van der Waals surface area contributed by atoms with E-state index in [1.807, 2.05) is 0 Å². The van der Waals surface area contributed by atoms with E-state index in [0.29, 0.717) is 10.6 Å². The van der Waals surface area contributed by atoms with Gasteiger partial charge < -0.3 is 10.1 Å². The number of carbonyl (C=O) groups is 1. The maximum atomic E-state index is 13.0. The quantitative estimate of drug-likeness (QED) is 0.848. The highest BCUT2D eigenvalue weighted by Crippen LogP contribution is 2.36. The van der Waals surface area contributed by atoms with Crippen LogP contribution >= 0.6 is 11.6 Å². The highest BCUT2D eigenvalue weighted by molar-refractivity contribution is 6.30. The fourth-order valence-corrected chi connectivity index (χ4v) is 2.10. The Labute approximate surface area is 118 Å². The first-order valence-electron chi connectivity index (χ1n) is 5.84. The van der Waals surface area contributed by atoms with Crippen molar-refractivity contribution in [3.63, 3.8) is 0 Å². The van der Waals surface area contributed by atoms with Crippen molar-refractivity contribution in [2.24, 2.45) is 0 Å². The Kier molecular flexibility index (Phi) is 3.94. The Morgan fingerprint density at radius 3 is 2.75 bits per heavy atom. The molecule has 0 radical (unpaired) electrons. The van der Waals surface area contributed by atoms with Crippen LogP contribution in [0, 0.1) is 0 Å². The van der Waals surface area contributed by atoms with E-state index in [4.69, 9.17) is 11.6 Å². The molecule has 0 fully saturated rings. The summed E-state index contributed by atoms with van der Waals surface area (Å²) in [5.74, 6) is -0.993. The van der Waals surface area contributed by atoms with Crippen molar-refractivity contribution in [2.75, 3.05) is 11.9 Å². The van der Waals surface area contributed by atoms with Gasteiger partial charge in [-0.05, 0) is 36.8 Å². The number of anilines is 1. The zero-order chi connectivity index (χ0) is 14.9. The van der Waals surface area contributed by atoms with Gasteiger partial charge in [0.05, 0.1) is 12.2 Å². The molecule has 1 aliphatic rings. The molecule has 1 atom stereocenters. The van der Waals surface area contributed by atoms with Crippen molar-refractivity contribution < 1.29 is 22.7 Å². The Bertz CT molecular complexity index is 569. The number of fused-ring (bicyclic) bond motifs is 1. The van der Waals surface area contributed by atoms with Crippen LogP contribution in [0.15, 0.2) is 23.8 Å². The minimum absolute atomic E-state index is 0.00313. The number of benzene rings is 1. The molecule has 0 bridgehead atoms. The van der Waals surface area contributed by atoms with Gasteiger partial charge in [-0.2, -0.15) is 13.2 Å². The van der Waals surface area contributed by atoms with Gasteiger partial charge in [-0.25, -0.2) is 4.79 Å². The third kappa shape index (κ3) is 2.90. The average Bonchev–Trinajstić information content (AvgIpc) is 2.36. The van der Waals surface area contributed by atoms with Crippen molar-refractivity contribution in [3.05, 3.63) is 34.4 Å². The van der Waals surface area contributed by atoms with Crippen LogP contribution in [0.1, 0.15) is 12.5 Å². The number of carbonyl (C=O) groups excluding carboxylic acids is 1. The molecule has 1 heterocycles. The van der Waals surface area contributed by atoms with Crippen LogP contribution < -0.4 is 5.32 Å². The molecule has 20 heavy (non-hydrogen) atoms. The highest BCUT2D eigenvalue weighted by atomic mass is 35.5. The largest absolute Gasteiger partial charge is 0.463 e. The molecule has 7 heteroatoms. The van der Waals surface area contributed by atoms with Gasteiger partial charge in [0.1, 0.15) is 0 Å². The lowest BCUT2D eigenvalue weighted by atomic mass is 9.97. The third-order valence-corrected chi connectivity index (χ3v) is 3.01. The van der Waals surface area contributed by atoms with Gasteiger partial charge in [-0.1, -0.05) is 11.6 Å². The first-order valence-corrected chi connectivity index (χ1v) is 6.22. The lowest BCUT2D eigenvalue weighted by molar-refractivity contribution is -0.150. The van der Waals surface area contributed by atoms with E-state index in [1.165, 1.54) is 25.1 Å². The van der Waals surface area contributed by atoms with Gasteiger partial charge >= 0.3 is 12.1 Å². The Balaban J connectivity index is 2.48. The summed E-state index contributed by atoms with van der Waals surface area (Å²) in [4.78, 5) is 11.7. The lowest BCUT2D eigenvalue weighted by Crippen LogP contribution is -2.42. The molecular weight excluding hydrogens is 295 g/mol. The molecule has 1 aromatic carbocycles. The van der Waals surface area contributed by atoms with Gasteiger partial charge in [0.2, 0.25) is 0 Å². The zero-order valence-electron chi connectivity index (χ0n) is 10.4. The second kappa shape index (κ2) is 5.36. The van der Waals surface area contributed by atoms with E-state index in [9.17, 15) is 18.0 Å². The maximum Gasteiger partial charge on any atom is 0.413 e. The summed E-state index contributed by atoms with van der Waals surface area (Å²) in [5.41, 5.74) is 0.208. The van der Waals surface area contributed by atoms with Gasteiger partial charge in [-0.3, -0.25) is 0 Å². The fraction of sp³-hybridized carbons (Fsp3) is 0.308. The van der Waals surface area contributed by atoms with Crippen LogP contribution in [0.2, 0.25) is 5.02 Å². The predicted molar refractivity (Wildman–Crippen MR) is 69.5 cm³/mol. The molecule has 2 rings (SSSR count). The van der Waals surface area contributed by atoms with E-state index in [0.717, 1.165) is 6.08 Å². The zero-order valence-corrected chi connectivity index (χ0v) is 11.2. The summed E-state index contributed by atoms with van der Waals surface area (Å²) >= 11 is 5.80. The second-order valence-corrected chi connectivity index (χ2v) is 4.61. The number of ether oxygens (including phenoxy) is 1. The summed E-state index contributed by atoms with van der Waals surface area (Å²) in [7, 11) is 0. The smallest absolute Gasteiger partial charge is 0.413 e. The topological polar surface area (TPSA) is 38.3 Å². The number of rotatable bonds is 2. The van der Waals surface area contributed by atoms with Gasteiger partial charge in [0.25, 0.3) is 0 Å². The van der Waals surface area contributed by atoms with Crippen LogP contribution in [-0.4, -0.2) is 24.8 Å². The van der Waals surface area contributed by atoms with E-state index in [2.05, 4.69) is 10.1 Å². The van der Waals surface area contributed by atoms with E-state index < -0.39 is 23.8 Å². The number of halogens is 4. The fourth-order valence-electron chi connectivity index (χ4n) is 1.92. The summed E-state index contributed by atoms with van der Waals surface area (Å²) in [6.45, 7) is 1.53. The Hall–Kier alpha value is -1.69. The number of esters is 1. The normalized spacial score (nSPS) is 17.9. The monoisotopic (exact) mass is 305 g/mol. The van der Waals surface area contributed by atoms with Crippen LogP contribution in [0.5, 0.6) is 0 Å². The predicted octanol–water partition coefficient (Wildman–Crippen LogP) is 3.64. The van der Waals surface area contributed by atoms with Crippen molar-refractivity contribution in [2.45, 2.75) is 19.1 Å². The molecule has 0 aliphatic carbocycles. The van der Waals surface area contributed by atoms with Crippen molar-refractivity contribution in [1.29, 1.82) is 0 Å². The van der Waals surface area contributed by atoms with Crippen LogP contribution in [0.4, 0.5) is 18.9 Å². The third-order valence-electron chi connectivity index (χ3n) is 2.77. The molecule has 0 aromatic heterocycles. The average molecular weight is 306 g/mol. The summed E-state index contributed by atoms with van der Waals surface area (Å²) in [6.07, 6.45) is -3.44. The number of nitrogens with one attached hydrogen (secondary N) is 1. The SMILES string of the molecule is CCOC(=O)C1=Cc2cc(Cl)ccc2NC1C(F)(F)F. The minimum atomic E-state index is -4.60. The van der Waals surface area contributed by atoms with Crippen LogP contribution in [-0.2, 0) is 9.53 Å². The molecular formula is C13H11ClF3NO2. The molecule has 1 N–H and O–H groups in total. The van der Waals surface area contributed by atoms with Gasteiger partial charge in [-0.15, -0.1) is 0 Å². The molecule has 3 nitrogen and oxygen atoms in total. The van der Waals surface area contributed by atoms with Gasteiger partial charge in [0, 0.05) is 10.7 Å². The van der Waals surface area contributed by atoms with E-state index >= 15 is 0 Å². The Morgan fingerprint density at radius 1 is 1.45 bits per heavy atom. The number of hydrogen-bond donors (Lipinski definition) is 1. The molecule has 1 aromatic rings. The van der Waals surface area contributed by atoms with E-state index in [-0.39, 0.29) is 12.3 Å². The van der Waals surface area contributed by atoms with Crippen molar-refractivity contribution in [3.8, 4) is 0 Å². The molecule has 0 saturated heterocycles. The van der Waals surface area contributed by atoms with Gasteiger partial charge in [0.15, 0.2) is 6.04 Å². The summed E-state index contributed by atoms with van der Waals surface area (Å²) in [5, 5.41) is 2.67. The maximum absolute atomic E-state index is 13.0. The lowest BCUT2D eigenvalue weighted by Gasteiger charge is -2.28. The molecule has 1 aliphatic heterocycles. The molecule has 0 saturated carbocycles. The van der Waals surface area contributed by atoms with Crippen LogP contribution in [0.3, 0.4) is 0 Å². The molecule has 1 unspecified atom stereocenters. The standard InChI is InChI=1S/C13H11ClF3NO2/c1-2-20-12(19)9-6-7-5-8(14)3-4-10(7)18-11(9)13(15,16)17/h3-6,11,18H,2H2,1H3. The Morgan fingerprint density at radius 2 is 2.15 bits per heavy atom. The summed E-state index contributed by atoms with van der Waals surface area (Å²) in [6, 6.07) is 2.31. The molecule has 108 valence electrons. The van der Waals surface area contributed by atoms with E-state index in [1.54, 1.807) is 0 Å². The number of hydrogen-bond acceptors (Lipinski definition) is 3.